The van der Waals surface area contributed by atoms with Gasteiger partial charge in [-0.3, -0.25) is 9.59 Å². The Morgan fingerprint density at radius 3 is 1.91 bits per heavy atom. The van der Waals surface area contributed by atoms with Gasteiger partial charge in [0.05, 0.1) is 17.6 Å². The van der Waals surface area contributed by atoms with Crippen molar-refractivity contribution in [2.45, 2.75) is 26.2 Å². The van der Waals surface area contributed by atoms with Crippen LogP contribution in [-0.4, -0.2) is 61.2 Å². The minimum absolute atomic E-state index is 0.0761. The SMILES string of the molecule is Bc1c(O)c(O)c(B)c(/C(O)=c2\[nH]c(=O)/c(=C(\O)c3nc[nH]c3C(C)(C)C)[nH]c2=O)c1O. The van der Waals surface area contributed by atoms with E-state index in [2.05, 4.69) is 19.9 Å². The van der Waals surface area contributed by atoms with Crippen LogP contribution in [-0.2, 0) is 5.41 Å². The molecule has 11 nitrogen and oxygen atoms in total. The second-order valence-corrected chi connectivity index (χ2v) is 8.40. The van der Waals surface area contributed by atoms with Crippen molar-refractivity contribution in [2.24, 2.45) is 0 Å². The summed E-state index contributed by atoms with van der Waals surface area (Å²) in [6, 6.07) is 0. The third-order valence-electron chi connectivity index (χ3n) is 5.16. The van der Waals surface area contributed by atoms with Crippen LogP contribution in [0, 0.1) is 0 Å². The molecule has 0 radical (unpaired) electrons. The lowest BCUT2D eigenvalue weighted by Crippen LogP contribution is -2.49. The Morgan fingerprint density at radius 1 is 0.875 bits per heavy atom. The fourth-order valence-electron chi connectivity index (χ4n) is 3.33. The number of imidazole rings is 1. The van der Waals surface area contributed by atoms with Crippen molar-refractivity contribution >= 4 is 38.1 Å². The number of hydrogen-bond acceptors (Lipinski definition) is 8. The van der Waals surface area contributed by atoms with Gasteiger partial charge in [0.15, 0.2) is 33.7 Å². The van der Waals surface area contributed by atoms with E-state index in [0.29, 0.717) is 5.69 Å². The minimum Gasteiger partial charge on any atom is -0.508 e. The summed E-state index contributed by atoms with van der Waals surface area (Å²) in [6.45, 7) is 5.60. The van der Waals surface area contributed by atoms with Gasteiger partial charge >= 0.3 is 0 Å². The molecule has 0 fully saturated rings. The van der Waals surface area contributed by atoms with Crippen molar-refractivity contribution < 1.29 is 25.5 Å². The number of aromatic nitrogens is 4. The third kappa shape index (κ3) is 3.51. The Balaban J connectivity index is 2.37. The number of aliphatic hydroxyl groups is 2. The van der Waals surface area contributed by atoms with Crippen LogP contribution in [0.5, 0.6) is 17.2 Å². The standard InChI is InChI=1S/C19H22B2N4O7/c1-19(2,3)16-8(22-4-23-16)15(30)10-18(32)24-9(17(31)25-10)12(27)5-6(20)13(28)14(29)7(21)11(5)26/h4,26-30H,20-21H2,1-3H3,(H,22,23)(H,24,32)(H,25,31)/b12-9+,15-10+. The van der Waals surface area contributed by atoms with Gasteiger partial charge in [-0.1, -0.05) is 20.8 Å². The molecule has 2 aromatic heterocycles. The summed E-state index contributed by atoms with van der Waals surface area (Å²) in [5.74, 6) is -3.17. The van der Waals surface area contributed by atoms with Crippen molar-refractivity contribution in [3.8, 4) is 17.2 Å². The molecule has 0 saturated heterocycles. The number of phenolic OH excluding ortho intramolecular Hbond substituents is 3. The molecule has 32 heavy (non-hydrogen) atoms. The highest BCUT2D eigenvalue weighted by atomic mass is 16.3. The van der Waals surface area contributed by atoms with Crippen molar-refractivity contribution in [3.63, 3.8) is 0 Å². The van der Waals surface area contributed by atoms with E-state index in [-0.39, 0.29) is 22.2 Å². The van der Waals surface area contributed by atoms with Gasteiger partial charge in [0.25, 0.3) is 11.1 Å². The predicted octanol–water partition coefficient (Wildman–Crippen LogP) is -3.85. The maximum atomic E-state index is 12.7. The summed E-state index contributed by atoms with van der Waals surface area (Å²) in [4.78, 5) is 36.7. The predicted molar refractivity (Wildman–Crippen MR) is 122 cm³/mol. The molecule has 0 aliphatic rings. The summed E-state index contributed by atoms with van der Waals surface area (Å²) < 4.78 is 0. The smallest absolute Gasteiger partial charge is 0.276 e. The Morgan fingerprint density at radius 2 is 1.38 bits per heavy atom. The number of nitrogens with zero attached hydrogens (tertiary/aromatic N) is 1. The monoisotopic (exact) mass is 440 g/mol. The van der Waals surface area contributed by atoms with Crippen molar-refractivity contribution in [3.05, 3.63) is 54.7 Å². The number of nitrogens with one attached hydrogen (secondary N) is 3. The molecule has 1 aromatic carbocycles. The zero-order valence-electron chi connectivity index (χ0n) is 18.1. The van der Waals surface area contributed by atoms with Crippen LogP contribution < -0.4 is 32.7 Å². The Labute approximate surface area is 182 Å². The first-order valence-corrected chi connectivity index (χ1v) is 9.55. The lowest BCUT2D eigenvalue weighted by molar-refractivity contribution is 0.402. The molecule has 0 unspecified atom stereocenters. The topological polar surface area (TPSA) is 196 Å². The van der Waals surface area contributed by atoms with E-state index in [1.165, 1.54) is 22.0 Å². The van der Waals surface area contributed by atoms with Crippen LogP contribution in [0.25, 0.3) is 11.5 Å². The van der Waals surface area contributed by atoms with Gasteiger partial charge in [-0.2, -0.15) is 0 Å². The zero-order valence-corrected chi connectivity index (χ0v) is 18.1. The van der Waals surface area contributed by atoms with Gasteiger partial charge in [0.2, 0.25) is 0 Å². The molecule has 8 N–H and O–H groups in total. The summed E-state index contributed by atoms with van der Waals surface area (Å²) in [7, 11) is 2.59. The van der Waals surface area contributed by atoms with E-state index in [1.54, 1.807) is 0 Å². The largest absolute Gasteiger partial charge is 0.508 e. The number of aromatic hydroxyl groups is 3. The second kappa shape index (κ2) is 7.59. The molecule has 0 aliphatic heterocycles. The van der Waals surface area contributed by atoms with Crippen molar-refractivity contribution in [1.29, 1.82) is 0 Å². The lowest BCUT2D eigenvalue weighted by atomic mass is 9.81. The number of benzene rings is 1. The summed E-state index contributed by atoms with van der Waals surface area (Å²) in [6.07, 6.45) is 1.34. The van der Waals surface area contributed by atoms with Crippen molar-refractivity contribution in [2.75, 3.05) is 0 Å². The maximum absolute atomic E-state index is 12.7. The fraction of sp³-hybridized carbons (Fsp3) is 0.211. The lowest BCUT2D eigenvalue weighted by Gasteiger charge is -2.17. The molecule has 13 heteroatoms. The summed E-state index contributed by atoms with van der Waals surface area (Å²) in [5, 5.41) is 50.4. The van der Waals surface area contributed by atoms with Gasteiger partial charge in [-0.25, -0.2) is 4.98 Å². The fourth-order valence-corrected chi connectivity index (χ4v) is 3.33. The zero-order chi connectivity index (χ0) is 24.1. The second-order valence-electron chi connectivity index (χ2n) is 8.40. The first-order valence-electron chi connectivity index (χ1n) is 9.55. The molecular weight excluding hydrogens is 418 g/mol. The average molecular weight is 440 g/mol. The average Bonchev–Trinajstić information content (AvgIpc) is 3.22. The van der Waals surface area contributed by atoms with Gasteiger partial charge in [0, 0.05) is 5.41 Å². The minimum atomic E-state index is -0.986. The summed E-state index contributed by atoms with van der Waals surface area (Å²) in [5.41, 5.74) is -2.37. The van der Waals surface area contributed by atoms with E-state index >= 15 is 0 Å². The van der Waals surface area contributed by atoms with E-state index in [4.69, 9.17) is 0 Å². The molecule has 0 saturated carbocycles. The van der Waals surface area contributed by atoms with Gasteiger partial charge < -0.3 is 40.5 Å². The Hall–Kier alpha value is -4.02. The highest BCUT2D eigenvalue weighted by molar-refractivity contribution is 6.42. The highest BCUT2D eigenvalue weighted by Crippen LogP contribution is 2.29. The van der Waals surface area contributed by atoms with E-state index in [9.17, 15) is 35.1 Å². The molecule has 3 rings (SSSR count). The molecule has 0 spiro atoms. The van der Waals surface area contributed by atoms with Crippen LogP contribution >= 0.6 is 0 Å². The molecule has 0 bridgehead atoms. The number of phenols is 3. The van der Waals surface area contributed by atoms with Gasteiger partial charge in [-0.05, 0) is 10.9 Å². The van der Waals surface area contributed by atoms with E-state index < -0.39 is 56.0 Å². The Kier molecular flexibility index (Phi) is 5.38. The van der Waals surface area contributed by atoms with Gasteiger partial charge in [-0.15, -0.1) is 0 Å². The molecular formula is C19H22B2N4O7. The van der Waals surface area contributed by atoms with Gasteiger partial charge in [0.1, 0.15) is 27.1 Å². The van der Waals surface area contributed by atoms with Crippen molar-refractivity contribution in [1.82, 2.24) is 19.9 Å². The first kappa shape index (κ1) is 22.7. The van der Waals surface area contributed by atoms with E-state index in [1.807, 2.05) is 20.8 Å². The molecule has 0 atom stereocenters. The normalized spacial score (nSPS) is 13.7. The van der Waals surface area contributed by atoms with Crippen LogP contribution in [0.3, 0.4) is 0 Å². The number of hydrogen-bond donors (Lipinski definition) is 8. The number of aromatic amines is 3. The molecule has 0 amide bonds. The molecule has 2 heterocycles. The molecule has 166 valence electrons. The third-order valence-corrected chi connectivity index (χ3v) is 5.16. The number of rotatable bonds is 2. The Bertz CT molecular complexity index is 1450. The van der Waals surface area contributed by atoms with Crippen LogP contribution in [0.2, 0.25) is 0 Å². The van der Waals surface area contributed by atoms with Crippen LogP contribution in [0.15, 0.2) is 15.9 Å². The maximum Gasteiger partial charge on any atom is 0.276 e. The van der Waals surface area contributed by atoms with Crippen LogP contribution in [0.4, 0.5) is 0 Å². The number of H-pyrrole nitrogens is 3. The molecule has 3 aromatic rings. The highest BCUT2D eigenvalue weighted by Gasteiger charge is 2.24. The first-order chi connectivity index (χ1) is 14.8. The molecule has 0 aliphatic carbocycles. The van der Waals surface area contributed by atoms with E-state index in [0.717, 1.165) is 0 Å². The summed E-state index contributed by atoms with van der Waals surface area (Å²) >= 11 is 0. The quantitative estimate of drug-likeness (QED) is 0.113. The number of aliphatic hydroxyl groups excluding tert-OH is 2. The van der Waals surface area contributed by atoms with Crippen LogP contribution in [0.1, 0.15) is 37.7 Å².